The van der Waals surface area contributed by atoms with Crippen LogP contribution in [0.25, 0.3) is 0 Å². The van der Waals surface area contributed by atoms with Crippen molar-refractivity contribution in [3.05, 3.63) is 23.8 Å². The van der Waals surface area contributed by atoms with Gasteiger partial charge in [-0.25, -0.2) is 0 Å². The minimum absolute atomic E-state index is 0.00877. The van der Waals surface area contributed by atoms with Crippen molar-refractivity contribution in [3.8, 4) is 11.5 Å². The highest BCUT2D eigenvalue weighted by Gasteiger charge is 2.50. The average Bonchev–Trinajstić information content (AvgIpc) is 3.50. The van der Waals surface area contributed by atoms with Crippen LogP contribution in [0.4, 0.5) is 0 Å². The molecular weight excluding hydrogens is 540 g/mol. The molecule has 3 fully saturated rings. The molecule has 0 aromatic heterocycles. The van der Waals surface area contributed by atoms with E-state index in [2.05, 4.69) is 10.6 Å². The summed E-state index contributed by atoms with van der Waals surface area (Å²) in [4.78, 5) is 53.3. The maximum atomic E-state index is 13.8. The van der Waals surface area contributed by atoms with Gasteiger partial charge in [0.05, 0.1) is 25.9 Å². The van der Waals surface area contributed by atoms with Gasteiger partial charge < -0.3 is 30.3 Å². The number of hydrogen-bond acceptors (Lipinski definition) is 8. The molecule has 1 saturated heterocycles. The van der Waals surface area contributed by atoms with Gasteiger partial charge in [0.2, 0.25) is 11.8 Å². The van der Waals surface area contributed by atoms with Gasteiger partial charge in [-0.15, -0.1) is 0 Å². The van der Waals surface area contributed by atoms with E-state index >= 15 is 0 Å². The standard InChI is InChI=1S/C32H46N2O8/c1-19(14-26(36)22-9-11-23(35)12-10-22)30(39)34-25(16-21-8-13-28(41-3)27(37)17-21)31(40)33-24(15-20-6-4-5-7-20)29(38)32(2)18-42-32/h8,13,17,19-20,22-25,35,37H,4-7,9-12,14-16,18H2,1-3H3,(H,33,40)(H,34,39). The number of ketones is 2. The van der Waals surface area contributed by atoms with E-state index in [-0.39, 0.29) is 47.9 Å². The fourth-order valence-corrected chi connectivity index (χ4v) is 6.28. The van der Waals surface area contributed by atoms with Gasteiger partial charge in [0.1, 0.15) is 17.4 Å². The quantitative estimate of drug-likeness (QED) is 0.243. The van der Waals surface area contributed by atoms with Crippen molar-refractivity contribution in [2.24, 2.45) is 17.8 Å². The molecule has 2 aliphatic carbocycles. The molecule has 0 spiro atoms. The number of phenolic OH excluding ortho intramolecular Hbond substituents is 1. The third kappa shape index (κ3) is 8.31. The van der Waals surface area contributed by atoms with E-state index < -0.39 is 35.4 Å². The van der Waals surface area contributed by atoms with E-state index in [9.17, 15) is 29.4 Å². The molecule has 232 valence electrons. The summed E-state index contributed by atoms with van der Waals surface area (Å²) >= 11 is 0. The molecule has 1 aromatic carbocycles. The summed E-state index contributed by atoms with van der Waals surface area (Å²) in [5, 5.41) is 25.8. The number of aliphatic hydroxyl groups is 1. The Hall–Kier alpha value is -2.98. The number of Topliss-reactive ketones (excluding diaryl/α,β-unsaturated/α-hetero) is 2. The molecule has 10 heteroatoms. The lowest BCUT2D eigenvalue weighted by atomic mass is 9.82. The molecule has 2 amide bonds. The molecule has 1 heterocycles. The van der Waals surface area contributed by atoms with Crippen LogP contribution in [0.1, 0.15) is 83.6 Å². The lowest BCUT2D eigenvalue weighted by molar-refractivity contribution is -0.135. The fraction of sp³-hybridized carbons (Fsp3) is 0.688. The summed E-state index contributed by atoms with van der Waals surface area (Å²) in [6, 6.07) is 2.99. The second-order valence-corrected chi connectivity index (χ2v) is 12.7. The molecule has 3 aliphatic rings. The number of hydrogen-bond donors (Lipinski definition) is 4. The van der Waals surface area contributed by atoms with Crippen molar-refractivity contribution in [2.45, 2.75) is 108 Å². The molecule has 0 bridgehead atoms. The zero-order valence-electron chi connectivity index (χ0n) is 25.0. The van der Waals surface area contributed by atoms with E-state index in [0.29, 0.717) is 50.2 Å². The molecule has 1 aliphatic heterocycles. The fourth-order valence-electron chi connectivity index (χ4n) is 6.28. The normalized spacial score (nSPS) is 26.1. The van der Waals surface area contributed by atoms with Crippen LogP contribution in [0.2, 0.25) is 0 Å². The summed E-state index contributed by atoms with van der Waals surface area (Å²) < 4.78 is 10.5. The van der Waals surface area contributed by atoms with Crippen LogP contribution in [0.5, 0.6) is 11.5 Å². The van der Waals surface area contributed by atoms with Gasteiger partial charge in [-0.1, -0.05) is 38.7 Å². The molecule has 4 atom stereocenters. The Labute approximate surface area is 247 Å². The first-order valence-corrected chi connectivity index (χ1v) is 15.3. The molecule has 1 aromatic rings. The van der Waals surface area contributed by atoms with Crippen molar-refractivity contribution in [2.75, 3.05) is 13.7 Å². The maximum Gasteiger partial charge on any atom is 0.243 e. The Morgan fingerprint density at radius 1 is 1.02 bits per heavy atom. The first kappa shape index (κ1) is 31.9. The van der Waals surface area contributed by atoms with Crippen LogP contribution in [-0.2, 0) is 30.3 Å². The summed E-state index contributed by atoms with van der Waals surface area (Å²) in [7, 11) is 1.44. The Bertz CT molecular complexity index is 1140. The van der Waals surface area contributed by atoms with E-state index in [0.717, 1.165) is 25.7 Å². The minimum Gasteiger partial charge on any atom is -0.504 e. The summed E-state index contributed by atoms with van der Waals surface area (Å²) in [5.41, 5.74) is -0.310. The SMILES string of the molecule is COc1ccc(CC(NC(=O)C(C)CC(=O)C2CCC(O)CC2)C(=O)NC(CC2CCCC2)C(=O)C2(C)CO2)cc1O. The minimum atomic E-state index is -1.04. The number of benzene rings is 1. The summed E-state index contributed by atoms with van der Waals surface area (Å²) in [6.45, 7) is 3.71. The monoisotopic (exact) mass is 586 g/mol. The number of aliphatic hydroxyl groups excluding tert-OH is 1. The molecule has 10 nitrogen and oxygen atoms in total. The second kappa shape index (κ2) is 14.0. The van der Waals surface area contributed by atoms with Gasteiger partial charge in [0.25, 0.3) is 0 Å². The van der Waals surface area contributed by atoms with E-state index in [1.165, 1.54) is 13.2 Å². The van der Waals surface area contributed by atoms with Crippen molar-refractivity contribution >= 4 is 23.4 Å². The van der Waals surface area contributed by atoms with Gasteiger partial charge in [-0.3, -0.25) is 19.2 Å². The Morgan fingerprint density at radius 3 is 2.26 bits per heavy atom. The van der Waals surface area contributed by atoms with Crippen LogP contribution in [-0.4, -0.2) is 71.1 Å². The van der Waals surface area contributed by atoms with Crippen LogP contribution in [0.3, 0.4) is 0 Å². The molecule has 4 N–H and O–H groups in total. The number of carbonyl (C=O) groups excluding carboxylic acids is 4. The van der Waals surface area contributed by atoms with E-state index in [1.54, 1.807) is 26.0 Å². The zero-order chi connectivity index (χ0) is 30.4. The lowest BCUT2D eigenvalue weighted by Gasteiger charge is -2.27. The van der Waals surface area contributed by atoms with Crippen molar-refractivity contribution in [3.63, 3.8) is 0 Å². The van der Waals surface area contributed by atoms with Crippen LogP contribution >= 0.6 is 0 Å². The molecule has 0 radical (unpaired) electrons. The smallest absolute Gasteiger partial charge is 0.243 e. The number of carbonyl (C=O) groups is 4. The van der Waals surface area contributed by atoms with Crippen LogP contribution in [0, 0.1) is 17.8 Å². The highest BCUT2D eigenvalue weighted by atomic mass is 16.6. The van der Waals surface area contributed by atoms with Crippen LogP contribution in [0.15, 0.2) is 18.2 Å². The van der Waals surface area contributed by atoms with Gasteiger partial charge >= 0.3 is 0 Å². The Kier molecular flexibility index (Phi) is 10.6. The number of epoxide rings is 1. The third-order valence-corrected chi connectivity index (χ3v) is 9.20. The first-order chi connectivity index (χ1) is 20.0. The molecule has 42 heavy (non-hydrogen) atoms. The number of rotatable bonds is 14. The van der Waals surface area contributed by atoms with Crippen molar-refractivity contribution < 1.29 is 38.9 Å². The number of methoxy groups -OCH3 is 1. The third-order valence-electron chi connectivity index (χ3n) is 9.20. The van der Waals surface area contributed by atoms with E-state index in [4.69, 9.17) is 9.47 Å². The Morgan fingerprint density at radius 2 is 1.67 bits per heavy atom. The predicted molar refractivity (Wildman–Crippen MR) is 155 cm³/mol. The first-order valence-electron chi connectivity index (χ1n) is 15.3. The largest absolute Gasteiger partial charge is 0.504 e. The van der Waals surface area contributed by atoms with Crippen LogP contribution < -0.4 is 15.4 Å². The lowest BCUT2D eigenvalue weighted by Crippen LogP contribution is -2.55. The molecule has 2 saturated carbocycles. The van der Waals surface area contributed by atoms with Crippen molar-refractivity contribution in [1.29, 1.82) is 0 Å². The molecule has 4 rings (SSSR count). The second-order valence-electron chi connectivity index (χ2n) is 12.7. The number of nitrogens with one attached hydrogen (secondary N) is 2. The number of ether oxygens (including phenoxy) is 2. The number of amides is 2. The Balaban J connectivity index is 1.47. The maximum absolute atomic E-state index is 13.8. The van der Waals surface area contributed by atoms with Gasteiger partial charge in [-0.05, 0) is 62.6 Å². The average molecular weight is 587 g/mol. The molecule has 4 unspecified atom stereocenters. The van der Waals surface area contributed by atoms with E-state index in [1.807, 2.05) is 0 Å². The topological polar surface area (TPSA) is 155 Å². The predicted octanol–water partition coefficient (Wildman–Crippen LogP) is 3.00. The number of phenols is 1. The van der Waals surface area contributed by atoms with Gasteiger partial charge in [0, 0.05) is 24.7 Å². The summed E-state index contributed by atoms with van der Waals surface area (Å²) in [5.74, 6) is -1.42. The van der Waals surface area contributed by atoms with Crippen molar-refractivity contribution in [1.82, 2.24) is 10.6 Å². The zero-order valence-corrected chi connectivity index (χ0v) is 25.0. The summed E-state index contributed by atoms with van der Waals surface area (Å²) in [6.07, 6.45) is 6.87. The molecular formula is C32H46N2O8. The van der Waals surface area contributed by atoms with Gasteiger partial charge in [0.15, 0.2) is 17.3 Å². The highest BCUT2D eigenvalue weighted by Crippen LogP contribution is 2.34. The van der Waals surface area contributed by atoms with Gasteiger partial charge in [-0.2, -0.15) is 0 Å². The highest BCUT2D eigenvalue weighted by molar-refractivity contribution is 5.98. The number of aromatic hydroxyl groups is 1.